The van der Waals surface area contributed by atoms with Gasteiger partial charge in [-0.3, -0.25) is 14.4 Å². The van der Waals surface area contributed by atoms with Crippen LogP contribution in [0.2, 0.25) is 0 Å². The van der Waals surface area contributed by atoms with Gasteiger partial charge in [0.05, 0.1) is 10.5 Å². The predicted octanol–water partition coefficient (Wildman–Crippen LogP) is 2.38. The Morgan fingerprint density at radius 1 is 0.939 bits per heavy atom. The van der Waals surface area contributed by atoms with E-state index in [0.717, 1.165) is 27.4 Å². The van der Waals surface area contributed by atoms with Crippen molar-refractivity contribution in [2.45, 2.75) is 18.0 Å². The molecular formula is C21H20F3N3O5S. The van der Waals surface area contributed by atoms with Crippen LogP contribution in [0.3, 0.4) is 0 Å². The number of carbonyl (C=O) groups excluding carboxylic acids is 3. The summed E-state index contributed by atoms with van der Waals surface area (Å²) in [4.78, 5) is 37.1. The van der Waals surface area contributed by atoms with Crippen molar-refractivity contribution in [1.82, 2.24) is 9.21 Å². The second kappa shape index (κ2) is 9.32. The molecule has 2 amide bonds. The van der Waals surface area contributed by atoms with Gasteiger partial charge in [0.1, 0.15) is 0 Å². The first-order valence-corrected chi connectivity index (χ1v) is 11.2. The average molecular weight is 483 g/mol. The predicted molar refractivity (Wildman–Crippen MR) is 112 cm³/mol. The van der Waals surface area contributed by atoms with E-state index in [9.17, 15) is 36.0 Å². The first kappa shape index (κ1) is 24.4. The van der Waals surface area contributed by atoms with Crippen LogP contribution >= 0.6 is 0 Å². The molecule has 0 saturated carbocycles. The Hall–Kier alpha value is -3.25. The molecule has 1 N–H and O–H groups in total. The molecule has 33 heavy (non-hydrogen) atoms. The van der Waals surface area contributed by atoms with Crippen LogP contribution in [0.25, 0.3) is 0 Å². The SMILES string of the molecule is CC(=O)Nc1ccc(S(=O)(=O)N2CCN(C(=O)C(=O)c3cccc(C(F)(F)F)c3)CC2)cc1. The second-order valence-corrected chi connectivity index (χ2v) is 9.25. The number of rotatable bonds is 5. The van der Waals surface area contributed by atoms with E-state index in [2.05, 4.69) is 5.32 Å². The summed E-state index contributed by atoms with van der Waals surface area (Å²) >= 11 is 0. The zero-order valence-electron chi connectivity index (χ0n) is 17.4. The first-order chi connectivity index (χ1) is 15.4. The van der Waals surface area contributed by atoms with Gasteiger partial charge >= 0.3 is 6.18 Å². The molecule has 0 aliphatic carbocycles. The Morgan fingerprint density at radius 3 is 2.09 bits per heavy atom. The topological polar surface area (TPSA) is 104 Å². The Bertz CT molecular complexity index is 1170. The van der Waals surface area contributed by atoms with E-state index < -0.39 is 33.5 Å². The minimum absolute atomic E-state index is 0.00331. The summed E-state index contributed by atoms with van der Waals surface area (Å²) in [5, 5.41) is 2.53. The zero-order chi connectivity index (χ0) is 24.4. The maximum absolute atomic E-state index is 12.9. The highest BCUT2D eigenvalue weighted by atomic mass is 32.2. The van der Waals surface area contributed by atoms with Crippen molar-refractivity contribution in [2.24, 2.45) is 0 Å². The van der Waals surface area contributed by atoms with E-state index in [-0.39, 0.29) is 42.5 Å². The molecule has 0 atom stereocenters. The summed E-state index contributed by atoms with van der Waals surface area (Å²) in [6.45, 7) is 0.970. The Balaban J connectivity index is 1.66. The highest BCUT2D eigenvalue weighted by Gasteiger charge is 2.34. The molecule has 176 valence electrons. The van der Waals surface area contributed by atoms with Gasteiger partial charge in [0, 0.05) is 44.4 Å². The van der Waals surface area contributed by atoms with Gasteiger partial charge in [-0.05, 0) is 36.4 Å². The Morgan fingerprint density at radius 2 is 1.55 bits per heavy atom. The smallest absolute Gasteiger partial charge is 0.333 e. The fourth-order valence-electron chi connectivity index (χ4n) is 3.30. The normalized spacial score (nSPS) is 15.2. The molecule has 12 heteroatoms. The fourth-order valence-corrected chi connectivity index (χ4v) is 4.72. The van der Waals surface area contributed by atoms with Gasteiger partial charge in [0.15, 0.2) is 0 Å². The van der Waals surface area contributed by atoms with Gasteiger partial charge in [-0.25, -0.2) is 8.42 Å². The fraction of sp³-hybridized carbons (Fsp3) is 0.286. The number of Topliss-reactive ketones (excluding diaryl/α,β-unsaturated/α-hetero) is 1. The van der Waals surface area contributed by atoms with Gasteiger partial charge in [-0.2, -0.15) is 17.5 Å². The summed E-state index contributed by atoms with van der Waals surface area (Å²) in [7, 11) is -3.88. The van der Waals surface area contributed by atoms with Crippen LogP contribution in [0, 0.1) is 0 Å². The van der Waals surface area contributed by atoms with Crippen LogP contribution in [-0.2, 0) is 25.8 Å². The molecule has 0 spiro atoms. The lowest BCUT2D eigenvalue weighted by Crippen LogP contribution is -2.52. The molecule has 0 bridgehead atoms. The number of sulfonamides is 1. The highest BCUT2D eigenvalue weighted by molar-refractivity contribution is 7.89. The third kappa shape index (κ3) is 5.57. The number of alkyl halides is 3. The average Bonchev–Trinajstić information content (AvgIpc) is 2.77. The molecule has 1 aliphatic heterocycles. The molecule has 1 aliphatic rings. The molecule has 2 aromatic carbocycles. The van der Waals surface area contributed by atoms with Crippen LogP contribution in [0.15, 0.2) is 53.4 Å². The molecule has 1 fully saturated rings. The molecule has 8 nitrogen and oxygen atoms in total. The van der Waals surface area contributed by atoms with Gasteiger partial charge in [0.2, 0.25) is 21.7 Å². The molecular weight excluding hydrogens is 463 g/mol. The summed E-state index contributed by atoms with van der Waals surface area (Å²) in [5.74, 6) is -2.39. The third-order valence-corrected chi connectivity index (χ3v) is 6.90. The number of anilines is 1. The maximum Gasteiger partial charge on any atom is 0.416 e. The van der Waals surface area contributed by atoms with Gasteiger partial charge < -0.3 is 10.2 Å². The number of halogens is 3. The molecule has 1 heterocycles. The third-order valence-electron chi connectivity index (χ3n) is 4.98. The Kier molecular flexibility index (Phi) is 6.89. The number of hydrogen-bond donors (Lipinski definition) is 1. The Labute approximate surface area is 188 Å². The van der Waals surface area contributed by atoms with E-state index in [4.69, 9.17) is 0 Å². The minimum Gasteiger partial charge on any atom is -0.333 e. The maximum atomic E-state index is 12.9. The van der Waals surface area contributed by atoms with Crippen molar-refractivity contribution >= 4 is 33.3 Å². The number of ketones is 1. The van der Waals surface area contributed by atoms with Crippen LogP contribution in [-0.4, -0.2) is 61.4 Å². The van der Waals surface area contributed by atoms with Gasteiger partial charge in [0.25, 0.3) is 5.91 Å². The van der Waals surface area contributed by atoms with E-state index in [0.29, 0.717) is 11.8 Å². The van der Waals surface area contributed by atoms with Crippen molar-refractivity contribution in [1.29, 1.82) is 0 Å². The van der Waals surface area contributed by atoms with Crippen LogP contribution < -0.4 is 5.32 Å². The van der Waals surface area contributed by atoms with Gasteiger partial charge in [-0.15, -0.1) is 0 Å². The molecule has 0 unspecified atom stereocenters. The lowest BCUT2D eigenvalue weighted by molar-refractivity contribution is -0.137. The lowest BCUT2D eigenvalue weighted by atomic mass is 10.1. The van der Waals surface area contributed by atoms with E-state index in [1.807, 2.05) is 0 Å². The molecule has 0 aromatic heterocycles. The number of nitrogens with zero attached hydrogens (tertiary/aromatic N) is 2. The quantitative estimate of drug-likeness (QED) is 0.520. The van der Waals surface area contributed by atoms with Crippen molar-refractivity contribution in [3.05, 3.63) is 59.7 Å². The molecule has 1 saturated heterocycles. The van der Waals surface area contributed by atoms with E-state index in [1.165, 1.54) is 31.2 Å². The second-order valence-electron chi connectivity index (χ2n) is 7.31. The van der Waals surface area contributed by atoms with Crippen molar-refractivity contribution in [2.75, 3.05) is 31.5 Å². The molecule has 0 radical (unpaired) electrons. The number of amides is 2. The standard InChI is InChI=1S/C21H20F3N3O5S/c1-14(28)25-17-5-7-18(8-6-17)33(31,32)27-11-9-26(10-12-27)20(30)19(29)15-3-2-4-16(13-15)21(22,23)24/h2-8,13H,9-12H2,1H3,(H,25,28). The van der Waals surface area contributed by atoms with E-state index in [1.54, 1.807) is 0 Å². The highest BCUT2D eigenvalue weighted by Crippen LogP contribution is 2.29. The number of carbonyl (C=O) groups is 3. The monoisotopic (exact) mass is 483 g/mol. The zero-order valence-corrected chi connectivity index (χ0v) is 18.2. The summed E-state index contributed by atoms with van der Waals surface area (Å²) in [6, 6.07) is 9.17. The number of nitrogens with one attached hydrogen (secondary N) is 1. The van der Waals surface area contributed by atoms with Crippen LogP contribution in [0.5, 0.6) is 0 Å². The van der Waals surface area contributed by atoms with Gasteiger partial charge in [-0.1, -0.05) is 12.1 Å². The van der Waals surface area contributed by atoms with Crippen molar-refractivity contribution in [3.63, 3.8) is 0 Å². The van der Waals surface area contributed by atoms with Crippen LogP contribution in [0.1, 0.15) is 22.8 Å². The van der Waals surface area contributed by atoms with Crippen molar-refractivity contribution in [3.8, 4) is 0 Å². The molecule has 3 rings (SSSR count). The largest absolute Gasteiger partial charge is 0.416 e. The van der Waals surface area contributed by atoms with E-state index >= 15 is 0 Å². The summed E-state index contributed by atoms with van der Waals surface area (Å²) in [5.41, 5.74) is -0.990. The first-order valence-electron chi connectivity index (χ1n) is 9.78. The number of benzene rings is 2. The minimum atomic E-state index is -4.65. The summed E-state index contributed by atoms with van der Waals surface area (Å²) in [6.07, 6.45) is -4.65. The van der Waals surface area contributed by atoms with Crippen LogP contribution in [0.4, 0.5) is 18.9 Å². The lowest BCUT2D eigenvalue weighted by Gasteiger charge is -2.33. The molecule has 2 aromatic rings. The summed E-state index contributed by atoms with van der Waals surface area (Å²) < 4.78 is 65.5. The number of hydrogen-bond acceptors (Lipinski definition) is 5. The number of piperazine rings is 1. The van der Waals surface area contributed by atoms with Crippen molar-refractivity contribution < 1.29 is 36.0 Å².